The number of hydrogen-bond acceptors (Lipinski definition) is 3. The minimum absolute atomic E-state index is 0.705. The van der Waals surface area contributed by atoms with Gasteiger partial charge in [0.2, 0.25) is 0 Å². The topological polar surface area (TPSA) is 32.7 Å². The maximum Gasteiger partial charge on any atom is 0.0709 e. The van der Waals surface area contributed by atoms with Gasteiger partial charge < -0.3 is 0 Å². The van der Waals surface area contributed by atoms with Crippen molar-refractivity contribution in [3.8, 4) is 10.4 Å². The number of nitrogens with zero attached hydrogens (tertiary/aromatic N) is 2. The molecule has 0 bridgehead atoms. The first-order valence-electron chi connectivity index (χ1n) is 4.63. The third-order valence-corrected chi connectivity index (χ3v) is 3.52. The lowest BCUT2D eigenvalue weighted by molar-refractivity contribution is 1.01. The lowest BCUT2D eigenvalue weighted by Crippen LogP contribution is -2.07. The Hall–Kier alpha value is -1.39. The van der Waals surface area contributed by atoms with Crippen LogP contribution in [0.15, 0.2) is 41.0 Å². The van der Waals surface area contributed by atoms with Gasteiger partial charge in [0.25, 0.3) is 0 Å². The summed E-state index contributed by atoms with van der Waals surface area (Å²) < 4.78 is 0. The number of anilines is 1. The summed E-state index contributed by atoms with van der Waals surface area (Å²) in [6.45, 7) is 0. The van der Waals surface area contributed by atoms with Gasteiger partial charge in [-0.25, -0.2) is 5.01 Å². The molecule has 0 atom stereocenters. The molecule has 82 valence electrons. The molecule has 0 aliphatic rings. The molecule has 0 saturated heterocycles. The first kappa shape index (κ1) is 11.1. The van der Waals surface area contributed by atoms with Crippen LogP contribution in [0.25, 0.3) is 10.4 Å². The van der Waals surface area contributed by atoms with E-state index >= 15 is 0 Å². The van der Waals surface area contributed by atoms with Crippen molar-refractivity contribution in [2.24, 2.45) is 5.29 Å². The van der Waals surface area contributed by atoms with Gasteiger partial charge in [-0.15, -0.1) is 16.2 Å². The summed E-state index contributed by atoms with van der Waals surface area (Å²) in [5.41, 5.74) is 1.73. The summed E-state index contributed by atoms with van der Waals surface area (Å²) in [5, 5.41) is 6.78. The summed E-state index contributed by atoms with van der Waals surface area (Å²) in [5.74, 6) is 0. The molecule has 1 aromatic heterocycles. The zero-order valence-electron chi connectivity index (χ0n) is 8.55. The van der Waals surface area contributed by atoms with E-state index in [4.69, 9.17) is 11.6 Å². The second-order valence-electron chi connectivity index (χ2n) is 3.25. The van der Waals surface area contributed by atoms with Gasteiger partial charge in [-0.05, 0) is 12.1 Å². The van der Waals surface area contributed by atoms with Crippen LogP contribution in [0.3, 0.4) is 0 Å². The van der Waals surface area contributed by atoms with Gasteiger partial charge in [-0.2, -0.15) is 0 Å². The van der Waals surface area contributed by atoms with Gasteiger partial charge in [0.1, 0.15) is 0 Å². The Morgan fingerprint density at radius 3 is 2.75 bits per heavy atom. The van der Waals surface area contributed by atoms with Crippen molar-refractivity contribution >= 4 is 28.6 Å². The van der Waals surface area contributed by atoms with E-state index in [0.717, 1.165) is 16.1 Å². The Kier molecular flexibility index (Phi) is 3.22. The summed E-state index contributed by atoms with van der Waals surface area (Å²) >= 11 is 7.43. The van der Waals surface area contributed by atoms with Crippen LogP contribution >= 0.6 is 22.9 Å². The summed E-state index contributed by atoms with van der Waals surface area (Å²) in [7, 11) is 1.63. The van der Waals surface area contributed by atoms with E-state index in [1.807, 2.05) is 35.7 Å². The Labute approximate surface area is 102 Å². The molecule has 0 aliphatic carbocycles. The van der Waals surface area contributed by atoms with Crippen molar-refractivity contribution in [2.45, 2.75) is 0 Å². The first-order valence-corrected chi connectivity index (χ1v) is 5.88. The molecule has 0 fully saturated rings. The SMILES string of the molecule is CN(N=O)c1ccccc1-c1cc(Cl)cs1. The van der Waals surface area contributed by atoms with Crippen LogP contribution in [0.1, 0.15) is 0 Å². The van der Waals surface area contributed by atoms with Crippen LogP contribution in [-0.4, -0.2) is 7.05 Å². The van der Waals surface area contributed by atoms with Gasteiger partial charge >= 0.3 is 0 Å². The molecule has 0 radical (unpaired) electrons. The summed E-state index contributed by atoms with van der Waals surface area (Å²) in [6.07, 6.45) is 0. The Morgan fingerprint density at radius 2 is 2.12 bits per heavy atom. The number of hydrogen-bond donors (Lipinski definition) is 0. The monoisotopic (exact) mass is 252 g/mol. The zero-order valence-corrected chi connectivity index (χ0v) is 10.1. The van der Waals surface area contributed by atoms with Gasteiger partial charge in [0.15, 0.2) is 0 Å². The molecule has 0 unspecified atom stereocenters. The van der Waals surface area contributed by atoms with E-state index in [2.05, 4.69) is 5.29 Å². The number of thiophene rings is 1. The molecule has 1 heterocycles. The molecule has 0 amide bonds. The highest BCUT2D eigenvalue weighted by Crippen LogP contribution is 2.35. The van der Waals surface area contributed by atoms with Crippen LogP contribution in [-0.2, 0) is 0 Å². The first-order chi connectivity index (χ1) is 7.72. The van der Waals surface area contributed by atoms with E-state index in [1.165, 1.54) is 5.01 Å². The number of halogens is 1. The molecule has 2 rings (SSSR count). The number of para-hydroxylation sites is 1. The molecule has 2 aromatic rings. The molecule has 0 saturated carbocycles. The molecule has 0 N–H and O–H groups in total. The predicted octanol–water partition coefficient (Wildman–Crippen LogP) is 4.19. The van der Waals surface area contributed by atoms with Gasteiger partial charge in [-0.3, -0.25) is 0 Å². The highest BCUT2D eigenvalue weighted by molar-refractivity contribution is 7.14. The van der Waals surface area contributed by atoms with Crippen LogP contribution < -0.4 is 5.01 Å². The van der Waals surface area contributed by atoms with E-state index in [9.17, 15) is 4.91 Å². The molecular weight excluding hydrogens is 244 g/mol. The van der Waals surface area contributed by atoms with E-state index in [-0.39, 0.29) is 0 Å². The number of rotatable bonds is 3. The van der Waals surface area contributed by atoms with Crippen LogP contribution in [0.2, 0.25) is 5.02 Å². The van der Waals surface area contributed by atoms with Crippen LogP contribution in [0.5, 0.6) is 0 Å². The van der Waals surface area contributed by atoms with E-state index < -0.39 is 0 Å². The van der Waals surface area contributed by atoms with Crippen molar-refractivity contribution in [1.29, 1.82) is 0 Å². The highest BCUT2D eigenvalue weighted by atomic mass is 35.5. The number of nitroso groups, excluding NO2 is 1. The molecule has 0 aliphatic heterocycles. The van der Waals surface area contributed by atoms with Crippen molar-refractivity contribution in [3.05, 3.63) is 45.6 Å². The fraction of sp³-hybridized carbons (Fsp3) is 0.0909. The van der Waals surface area contributed by atoms with Gasteiger partial charge in [-0.1, -0.05) is 29.8 Å². The predicted molar refractivity (Wildman–Crippen MR) is 69.0 cm³/mol. The highest BCUT2D eigenvalue weighted by Gasteiger charge is 2.10. The quantitative estimate of drug-likeness (QED) is 0.606. The molecule has 0 spiro atoms. The molecule has 5 heteroatoms. The normalized spacial score (nSPS) is 10.1. The molecular formula is C11H9ClN2OS. The second kappa shape index (κ2) is 4.63. The molecule has 16 heavy (non-hydrogen) atoms. The number of benzene rings is 1. The summed E-state index contributed by atoms with van der Waals surface area (Å²) in [6, 6.07) is 9.47. The van der Waals surface area contributed by atoms with E-state index in [1.54, 1.807) is 18.4 Å². The Balaban J connectivity index is 2.52. The Morgan fingerprint density at radius 1 is 1.38 bits per heavy atom. The molecule has 3 nitrogen and oxygen atoms in total. The minimum atomic E-state index is 0.705. The van der Waals surface area contributed by atoms with Crippen molar-refractivity contribution < 1.29 is 0 Å². The zero-order chi connectivity index (χ0) is 11.5. The third-order valence-electron chi connectivity index (χ3n) is 2.21. The lowest BCUT2D eigenvalue weighted by Gasteiger charge is -2.12. The van der Waals surface area contributed by atoms with E-state index in [0.29, 0.717) is 5.02 Å². The second-order valence-corrected chi connectivity index (χ2v) is 4.60. The smallest absolute Gasteiger partial charge is 0.0709 e. The maximum absolute atomic E-state index is 10.5. The minimum Gasteiger partial charge on any atom is -0.232 e. The fourth-order valence-electron chi connectivity index (χ4n) is 1.46. The van der Waals surface area contributed by atoms with Crippen LogP contribution in [0.4, 0.5) is 5.69 Å². The van der Waals surface area contributed by atoms with Gasteiger partial charge in [0, 0.05) is 22.9 Å². The van der Waals surface area contributed by atoms with Crippen LogP contribution in [0, 0.1) is 4.91 Å². The van der Waals surface area contributed by atoms with Gasteiger partial charge in [0.05, 0.1) is 16.0 Å². The maximum atomic E-state index is 10.5. The fourth-order valence-corrected chi connectivity index (χ4v) is 2.57. The Bertz CT molecular complexity index is 512. The van der Waals surface area contributed by atoms with Crippen molar-refractivity contribution in [2.75, 3.05) is 12.1 Å². The lowest BCUT2D eigenvalue weighted by atomic mass is 10.1. The average molecular weight is 253 g/mol. The van der Waals surface area contributed by atoms with Crippen molar-refractivity contribution in [3.63, 3.8) is 0 Å². The standard InChI is InChI=1S/C11H9ClN2OS/c1-14(13-15)10-5-3-2-4-9(10)11-6-8(12)7-16-11/h2-7H,1H3. The van der Waals surface area contributed by atoms with Crippen molar-refractivity contribution in [1.82, 2.24) is 0 Å². The molecule has 1 aromatic carbocycles. The largest absolute Gasteiger partial charge is 0.232 e. The average Bonchev–Trinajstić information content (AvgIpc) is 2.75. The third kappa shape index (κ3) is 2.08. The summed E-state index contributed by atoms with van der Waals surface area (Å²) in [4.78, 5) is 11.6.